The van der Waals surface area contributed by atoms with E-state index < -0.39 is 0 Å². The van der Waals surface area contributed by atoms with Crippen molar-refractivity contribution < 1.29 is 18.9 Å². The molecule has 0 aromatic heterocycles. The molecule has 1 aromatic rings. The molecule has 0 unspecified atom stereocenters. The van der Waals surface area contributed by atoms with Crippen molar-refractivity contribution in [3.63, 3.8) is 0 Å². The van der Waals surface area contributed by atoms with Crippen LogP contribution < -0.4 is 10.5 Å². The molecule has 0 radical (unpaired) electrons. The van der Waals surface area contributed by atoms with Crippen LogP contribution in [-0.2, 0) is 14.2 Å². The van der Waals surface area contributed by atoms with Gasteiger partial charge in [-0.3, -0.25) is 0 Å². The Morgan fingerprint density at radius 2 is 1.25 bits per heavy atom. The highest BCUT2D eigenvalue weighted by molar-refractivity contribution is 9.09. The second-order valence-corrected chi connectivity index (χ2v) is 4.74. The molecule has 0 saturated heterocycles. The van der Waals surface area contributed by atoms with Crippen LogP contribution in [-0.4, -0.2) is 51.6 Å². The first-order valence-electron chi connectivity index (χ1n) is 6.60. The summed E-state index contributed by atoms with van der Waals surface area (Å²) in [7, 11) is 0. The van der Waals surface area contributed by atoms with Gasteiger partial charge in [-0.1, -0.05) is 15.9 Å². The number of rotatable bonds is 12. The summed E-state index contributed by atoms with van der Waals surface area (Å²) < 4.78 is 21.5. The molecular weight excluding hydrogens is 326 g/mol. The third-order valence-corrected chi connectivity index (χ3v) is 2.67. The van der Waals surface area contributed by atoms with Crippen molar-refractivity contribution in [1.29, 1.82) is 0 Å². The van der Waals surface area contributed by atoms with Gasteiger partial charge in [0, 0.05) is 11.0 Å². The van der Waals surface area contributed by atoms with E-state index in [1.54, 1.807) is 0 Å². The summed E-state index contributed by atoms with van der Waals surface area (Å²) in [5, 5.41) is 0.851. The zero-order valence-corrected chi connectivity index (χ0v) is 13.1. The van der Waals surface area contributed by atoms with Crippen LogP contribution in [0, 0.1) is 0 Å². The second-order valence-electron chi connectivity index (χ2n) is 3.94. The molecule has 0 aliphatic heterocycles. The molecule has 0 aliphatic rings. The highest BCUT2D eigenvalue weighted by Crippen LogP contribution is 2.12. The maximum Gasteiger partial charge on any atom is 0.119 e. The minimum atomic E-state index is 0.512. The first-order valence-corrected chi connectivity index (χ1v) is 7.72. The number of nitrogen functional groups attached to an aromatic ring is 1. The molecule has 0 fully saturated rings. The Morgan fingerprint density at radius 1 is 0.750 bits per heavy atom. The number of benzene rings is 1. The van der Waals surface area contributed by atoms with E-state index in [9.17, 15) is 0 Å². The van der Waals surface area contributed by atoms with Crippen molar-refractivity contribution in [3.05, 3.63) is 24.3 Å². The fourth-order valence-electron chi connectivity index (χ4n) is 1.38. The smallest absolute Gasteiger partial charge is 0.119 e. The lowest BCUT2D eigenvalue weighted by molar-refractivity contribution is 0.0119. The average Bonchev–Trinajstić information content (AvgIpc) is 2.47. The molecule has 5 nitrogen and oxygen atoms in total. The second kappa shape index (κ2) is 12.0. The van der Waals surface area contributed by atoms with Gasteiger partial charge in [-0.25, -0.2) is 0 Å². The topological polar surface area (TPSA) is 62.9 Å². The minimum absolute atomic E-state index is 0.512. The van der Waals surface area contributed by atoms with Crippen molar-refractivity contribution in [2.75, 3.05) is 57.3 Å². The van der Waals surface area contributed by atoms with Crippen molar-refractivity contribution >= 4 is 21.6 Å². The fourth-order valence-corrected chi connectivity index (χ4v) is 1.61. The number of hydrogen-bond acceptors (Lipinski definition) is 5. The molecule has 1 rings (SSSR count). The number of alkyl halides is 1. The van der Waals surface area contributed by atoms with Gasteiger partial charge >= 0.3 is 0 Å². The van der Waals surface area contributed by atoms with Gasteiger partial charge in [-0.15, -0.1) is 0 Å². The molecule has 1 aromatic carbocycles. The van der Waals surface area contributed by atoms with E-state index in [4.69, 9.17) is 24.7 Å². The molecule has 0 saturated carbocycles. The molecule has 2 N–H and O–H groups in total. The third kappa shape index (κ3) is 9.14. The minimum Gasteiger partial charge on any atom is -0.491 e. The van der Waals surface area contributed by atoms with Crippen molar-refractivity contribution in [2.24, 2.45) is 0 Å². The Labute approximate surface area is 128 Å². The molecule has 0 bridgehead atoms. The number of ether oxygens (including phenoxy) is 4. The zero-order valence-electron chi connectivity index (χ0n) is 11.6. The van der Waals surface area contributed by atoms with Gasteiger partial charge in [0.1, 0.15) is 12.4 Å². The lowest BCUT2D eigenvalue weighted by atomic mass is 10.3. The Bertz CT molecular complexity index is 334. The van der Waals surface area contributed by atoms with Gasteiger partial charge in [-0.2, -0.15) is 0 Å². The normalized spacial score (nSPS) is 10.7. The molecule has 6 heteroatoms. The van der Waals surface area contributed by atoms with Crippen LogP contribution >= 0.6 is 15.9 Å². The largest absolute Gasteiger partial charge is 0.491 e. The predicted octanol–water partition coefficient (Wildman–Crippen LogP) is 2.09. The number of hydrogen-bond donors (Lipinski definition) is 1. The highest BCUT2D eigenvalue weighted by Gasteiger charge is 1.94. The van der Waals surface area contributed by atoms with E-state index >= 15 is 0 Å². The van der Waals surface area contributed by atoms with Gasteiger partial charge in [0.25, 0.3) is 0 Å². The Hall–Kier alpha value is -0.820. The van der Waals surface area contributed by atoms with Crippen LogP contribution in [0.15, 0.2) is 24.3 Å². The van der Waals surface area contributed by atoms with Crippen LogP contribution in [0.4, 0.5) is 5.69 Å². The summed E-state index contributed by atoms with van der Waals surface area (Å²) in [5.74, 6) is 0.794. The van der Waals surface area contributed by atoms with Crippen LogP contribution in [0.1, 0.15) is 0 Å². The third-order valence-electron chi connectivity index (χ3n) is 2.34. The molecule has 114 valence electrons. The summed E-state index contributed by atoms with van der Waals surface area (Å²) >= 11 is 3.28. The van der Waals surface area contributed by atoms with E-state index in [1.165, 1.54) is 0 Å². The summed E-state index contributed by atoms with van der Waals surface area (Å²) in [5.41, 5.74) is 6.31. The average molecular weight is 348 g/mol. The van der Waals surface area contributed by atoms with Gasteiger partial charge in [0.05, 0.1) is 39.6 Å². The predicted molar refractivity (Wildman–Crippen MR) is 82.6 cm³/mol. The van der Waals surface area contributed by atoms with Gasteiger partial charge in [-0.05, 0) is 24.3 Å². The van der Waals surface area contributed by atoms with E-state index in [-0.39, 0.29) is 0 Å². The van der Waals surface area contributed by atoms with Crippen LogP contribution in [0.5, 0.6) is 5.75 Å². The van der Waals surface area contributed by atoms with E-state index in [0.717, 1.165) is 16.8 Å². The molecule has 20 heavy (non-hydrogen) atoms. The molecule has 0 atom stereocenters. The van der Waals surface area contributed by atoms with Gasteiger partial charge < -0.3 is 24.7 Å². The van der Waals surface area contributed by atoms with E-state index in [1.807, 2.05) is 24.3 Å². The zero-order chi connectivity index (χ0) is 14.5. The summed E-state index contributed by atoms with van der Waals surface area (Å²) in [6.07, 6.45) is 0. The maximum absolute atomic E-state index is 5.58. The van der Waals surface area contributed by atoms with Crippen LogP contribution in [0.3, 0.4) is 0 Å². The molecule has 0 amide bonds. The quantitative estimate of drug-likeness (QED) is 0.356. The molecule has 0 aliphatic carbocycles. The van der Waals surface area contributed by atoms with E-state index in [0.29, 0.717) is 46.2 Å². The van der Waals surface area contributed by atoms with Crippen molar-refractivity contribution in [2.45, 2.75) is 0 Å². The lowest BCUT2D eigenvalue weighted by Crippen LogP contribution is -2.13. The van der Waals surface area contributed by atoms with Gasteiger partial charge in [0.15, 0.2) is 0 Å². The summed E-state index contributed by atoms with van der Waals surface area (Å²) in [4.78, 5) is 0. The first kappa shape index (κ1) is 17.2. The van der Waals surface area contributed by atoms with Crippen LogP contribution in [0.2, 0.25) is 0 Å². The Balaban J connectivity index is 1.84. The van der Waals surface area contributed by atoms with Gasteiger partial charge in [0.2, 0.25) is 0 Å². The number of anilines is 1. The lowest BCUT2D eigenvalue weighted by Gasteiger charge is -2.08. The SMILES string of the molecule is Nc1ccc(OCCOCCOCCOCCBr)cc1. The summed E-state index contributed by atoms with van der Waals surface area (Å²) in [6.45, 7) is 4.10. The Kier molecular flexibility index (Phi) is 10.3. The molecule has 0 spiro atoms. The molecular formula is C14H22BrNO4. The first-order chi connectivity index (χ1) is 9.83. The molecule has 0 heterocycles. The number of halogens is 1. The van der Waals surface area contributed by atoms with Crippen molar-refractivity contribution in [3.8, 4) is 5.75 Å². The number of nitrogens with two attached hydrogens (primary N) is 1. The highest BCUT2D eigenvalue weighted by atomic mass is 79.9. The standard InChI is InChI=1S/C14H22BrNO4/c15-5-6-17-7-8-18-9-10-19-11-12-20-14-3-1-13(16)2-4-14/h1-4H,5-12,16H2. The Morgan fingerprint density at radius 3 is 1.80 bits per heavy atom. The van der Waals surface area contributed by atoms with Crippen molar-refractivity contribution in [1.82, 2.24) is 0 Å². The fraction of sp³-hybridized carbons (Fsp3) is 0.571. The summed E-state index contributed by atoms with van der Waals surface area (Å²) in [6, 6.07) is 7.29. The van der Waals surface area contributed by atoms with Crippen LogP contribution in [0.25, 0.3) is 0 Å². The monoisotopic (exact) mass is 347 g/mol. The van der Waals surface area contributed by atoms with E-state index in [2.05, 4.69) is 15.9 Å². The maximum atomic E-state index is 5.58.